The van der Waals surface area contributed by atoms with E-state index in [2.05, 4.69) is 4.98 Å². The number of rotatable bonds is 1. The fraction of sp³-hybridized carbons (Fsp3) is 0.0833. The Morgan fingerprint density at radius 3 is 2.56 bits per heavy atom. The van der Waals surface area contributed by atoms with Gasteiger partial charge in [-0.1, -0.05) is 12.1 Å². The molecule has 0 unspecified atom stereocenters. The highest BCUT2D eigenvalue weighted by atomic mass is 19.1. The Hall–Kier alpha value is -2.10. The van der Waals surface area contributed by atoms with Crippen molar-refractivity contribution in [3.05, 3.63) is 42.0 Å². The van der Waals surface area contributed by atoms with Crippen molar-refractivity contribution in [2.75, 3.05) is 11.5 Å². The van der Waals surface area contributed by atoms with Crippen LogP contribution in [0.1, 0.15) is 5.56 Å². The van der Waals surface area contributed by atoms with Gasteiger partial charge in [-0.05, 0) is 18.6 Å². The van der Waals surface area contributed by atoms with Crippen molar-refractivity contribution in [1.82, 2.24) is 4.98 Å². The van der Waals surface area contributed by atoms with Crippen molar-refractivity contribution in [3.8, 4) is 11.1 Å². The maximum Gasteiger partial charge on any atom is 0.131 e. The number of halogens is 1. The monoisotopic (exact) mass is 217 g/mol. The second-order valence-corrected chi connectivity index (χ2v) is 3.67. The summed E-state index contributed by atoms with van der Waals surface area (Å²) in [6.45, 7) is 1.83. The molecule has 3 nitrogen and oxygen atoms in total. The van der Waals surface area contributed by atoms with Gasteiger partial charge in [0.2, 0.25) is 0 Å². The molecule has 0 aliphatic heterocycles. The summed E-state index contributed by atoms with van der Waals surface area (Å²) in [7, 11) is 0. The first kappa shape index (κ1) is 10.4. The van der Waals surface area contributed by atoms with Gasteiger partial charge < -0.3 is 11.5 Å². The summed E-state index contributed by atoms with van der Waals surface area (Å²) in [5, 5.41) is 0. The molecule has 0 fully saturated rings. The lowest BCUT2D eigenvalue weighted by Gasteiger charge is -2.08. The fourth-order valence-electron chi connectivity index (χ4n) is 1.54. The van der Waals surface area contributed by atoms with Crippen LogP contribution in [0.5, 0.6) is 0 Å². The summed E-state index contributed by atoms with van der Waals surface area (Å²) in [5.74, 6) is -0.320. The summed E-state index contributed by atoms with van der Waals surface area (Å²) < 4.78 is 13.7. The first-order valence-corrected chi connectivity index (χ1v) is 4.85. The SMILES string of the molecule is Cc1ccc(-c2cncc(N)c2N)c(F)c1. The van der Waals surface area contributed by atoms with Crippen LogP contribution < -0.4 is 11.5 Å². The zero-order chi connectivity index (χ0) is 11.7. The maximum atomic E-state index is 13.7. The van der Waals surface area contributed by atoms with Gasteiger partial charge >= 0.3 is 0 Å². The van der Waals surface area contributed by atoms with Crippen molar-refractivity contribution in [2.45, 2.75) is 6.92 Å². The largest absolute Gasteiger partial charge is 0.396 e. The lowest BCUT2D eigenvalue weighted by Crippen LogP contribution is -1.99. The number of benzene rings is 1. The number of pyridine rings is 1. The van der Waals surface area contributed by atoms with E-state index in [-0.39, 0.29) is 5.82 Å². The van der Waals surface area contributed by atoms with Crippen molar-refractivity contribution in [2.24, 2.45) is 0 Å². The number of hydrogen-bond donors (Lipinski definition) is 2. The molecule has 2 rings (SSSR count). The van der Waals surface area contributed by atoms with Crippen LogP contribution >= 0.6 is 0 Å². The molecule has 0 saturated carbocycles. The van der Waals surface area contributed by atoms with E-state index in [9.17, 15) is 4.39 Å². The third-order valence-electron chi connectivity index (χ3n) is 2.43. The molecule has 0 aliphatic carbocycles. The van der Waals surface area contributed by atoms with Gasteiger partial charge in [-0.2, -0.15) is 0 Å². The molecule has 1 heterocycles. The number of nitrogens with zero attached hydrogens (tertiary/aromatic N) is 1. The van der Waals surface area contributed by atoms with E-state index in [1.807, 2.05) is 13.0 Å². The van der Waals surface area contributed by atoms with Crippen molar-refractivity contribution in [1.29, 1.82) is 0 Å². The van der Waals surface area contributed by atoms with Crippen LogP contribution in [0.15, 0.2) is 30.6 Å². The van der Waals surface area contributed by atoms with E-state index < -0.39 is 0 Å². The number of aryl methyl sites for hydroxylation is 1. The molecule has 0 spiro atoms. The topological polar surface area (TPSA) is 64.9 Å². The van der Waals surface area contributed by atoms with E-state index in [0.29, 0.717) is 22.5 Å². The molecule has 4 heteroatoms. The predicted octanol–water partition coefficient (Wildman–Crippen LogP) is 2.36. The molecule has 1 aromatic heterocycles. The molecule has 0 atom stereocenters. The van der Waals surface area contributed by atoms with E-state index in [1.165, 1.54) is 18.5 Å². The van der Waals surface area contributed by atoms with Gasteiger partial charge in [0.05, 0.1) is 17.6 Å². The van der Waals surface area contributed by atoms with Crippen molar-refractivity contribution in [3.63, 3.8) is 0 Å². The maximum absolute atomic E-state index is 13.7. The Balaban J connectivity index is 2.63. The second-order valence-electron chi connectivity index (χ2n) is 3.67. The molecule has 4 N–H and O–H groups in total. The van der Waals surface area contributed by atoms with Gasteiger partial charge in [0.15, 0.2) is 0 Å². The van der Waals surface area contributed by atoms with E-state index in [0.717, 1.165) is 5.56 Å². The molecule has 0 bridgehead atoms. The average molecular weight is 217 g/mol. The van der Waals surface area contributed by atoms with E-state index in [4.69, 9.17) is 11.5 Å². The molecule has 2 aromatic rings. The molecular weight excluding hydrogens is 205 g/mol. The van der Waals surface area contributed by atoms with Gasteiger partial charge in [0.25, 0.3) is 0 Å². The fourth-order valence-corrected chi connectivity index (χ4v) is 1.54. The molecule has 0 radical (unpaired) electrons. The standard InChI is InChI=1S/C12H12FN3/c1-7-2-3-8(10(13)4-7)9-5-16-6-11(14)12(9)15/h2-6H,14H2,1H3,(H2,15,16). The molecule has 82 valence electrons. The number of nitrogens with two attached hydrogens (primary N) is 2. The van der Waals surface area contributed by atoms with Crippen LogP contribution in [0.4, 0.5) is 15.8 Å². The van der Waals surface area contributed by atoms with Crippen LogP contribution in [0.25, 0.3) is 11.1 Å². The number of anilines is 2. The summed E-state index contributed by atoms with van der Waals surface area (Å²) in [4.78, 5) is 3.91. The van der Waals surface area contributed by atoms with E-state index >= 15 is 0 Å². The summed E-state index contributed by atoms with van der Waals surface area (Å²) in [5.41, 5.74) is 13.9. The Morgan fingerprint density at radius 2 is 1.88 bits per heavy atom. The normalized spacial score (nSPS) is 10.4. The van der Waals surface area contributed by atoms with Crippen LogP contribution in [0.2, 0.25) is 0 Å². The zero-order valence-electron chi connectivity index (χ0n) is 8.87. The smallest absolute Gasteiger partial charge is 0.131 e. The lowest BCUT2D eigenvalue weighted by atomic mass is 10.0. The van der Waals surface area contributed by atoms with Gasteiger partial charge in [0.1, 0.15) is 5.82 Å². The molecule has 1 aromatic carbocycles. The Kier molecular flexibility index (Phi) is 2.48. The summed E-state index contributed by atoms with van der Waals surface area (Å²) in [6, 6.07) is 4.95. The minimum Gasteiger partial charge on any atom is -0.396 e. The lowest BCUT2D eigenvalue weighted by molar-refractivity contribution is 0.630. The van der Waals surface area contributed by atoms with Crippen LogP contribution in [0, 0.1) is 12.7 Å². The Morgan fingerprint density at radius 1 is 1.12 bits per heavy atom. The molecular formula is C12H12FN3. The quantitative estimate of drug-likeness (QED) is 0.770. The number of aromatic nitrogens is 1. The Bertz CT molecular complexity index is 538. The van der Waals surface area contributed by atoms with E-state index in [1.54, 1.807) is 6.07 Å². The highest BCUT2D eigenvalue weighted by Crippen LogP contribution is 2.30. The minimum absolute atomic E-state index is 0.320. The average Bonchev–Trinajstić information content (AvgIpc) is 2.23. The van der Waals surface area contributed by atoms with Gasteiger partial charge in [-0.15, -0.1) is 0 Å². The highest BCUT2D eigenvalue weighted by Gasteiger charge is 2.10. The van der Waals surface area contributed by atoms with Gasteiger partial charge in [-0.25, -0.2) is 4.39 Å². The van der Waals surface area contributed by atoms with Crippen molar-refractivity contribution < 1.29 is 4.39 Å². The zero-order valence-corrected chi connectivity index (χ0v) is 8.87. The molecule has 0 amide bonds. The van der Waals surface area contributed by atoms with Gasteiger partial charge in [-0.3, -0.25) is 4.98 Å². The number of hydrogen-bond acceptors (Lipinski definition) is 3. The second kappa shape index (κ2) is 3.81. The molecule has 0 saturated heterocycles. The highest BCUT2D eigenvalue weighted by molar-refractivity contribution is 5.83. The molecule has 16 heavy (non-hydrogen) atoms. The van der Waals surface area contributed by atoms with Crippen LogP contribution in [-0.2, 0) is 0 Å². The summed E-state index contributed by atoms with van der Waals surface area (Å²) in [6.07, 6.45) is 2.96. The first-order chi connectivity index (χ1) is 7.59. The number of nitrogen functional groups attached to an aromatic ring is 2. The third-order valence-corrected chi connectivity index (χ3v) is 2.43. The predicted molar refractivity (Wildman–Crippen MR) is 63.2 cm³/mol. The first-order valence-electron chi connectivity index (χ1n) is 4.85. The summed E-state index contributed by atoms with van der Waals surface area (Å²) >= 11 is 0. The Labute approximate surface area is 92.9 Å². The third kappa shape index (κ3) is 1.69. The van der Waals surface area contributed by atoms with Crippen molar-refractivity contribution >= 4 is 11.4 Å². The van der Waals surface area contributed by atoms with Gasteiger partial charge in [0, 0.05) is 17.3 Å². The minimum atomic E-state index is -0.320. The molecule has 0 aliphatic rings. The van der Waals surface area contributed by atoms with Crippen LogP contribution in [0.3, 0.4) is 0 Å². The van der Waals surface area contributed by atoms with Crippen LogP contribution in [-0.4, -0.2) is 4.98 Å².